The first-order valence-corrected chi connectivity index (χ1v) is 6.53. The lowest BCUT2D eigenvalue weighted by Crippen LogP contribution is -1.99. The Morgan fingerprint density at radius 3 is 2.44 bits per heavy atom. The van der Waals surface area contributed by atoms with Crippen molar-refractivity contribution in [3.63, 3.8) is 0 Å². The highest BCUT2D eigenvalue weighted by atomic mass is 35.5. The number of H-pyrrole nitrogens is 1. The second-order valence-corrected chi connectivity index (χ2v) is 5.47. The molecule has 1 aromatic carbocycles. The molecule has 3 N–H and O–H groups in total. The van der Waals surface area contributed by atoms with Gasteiger partial charge in [-0.3, -0.25) is 5.10 Å². The topological polar surface area (TPSA) is 54.7 Å². The van der Waals surface area contributed by atoms with Gasteiger partial charge in [0.1, 0.15) is 5.82 Å². The third-order valence-electron chi connectivity index (χ3n) is 2.72. The van der Waals surface area contributed by atoms with Gasteiger partial charge in [0.15, 0.2) is 0 Å². The van der Waals surface area contributed by atoms with Crippen LogP contribution in [0.3, 0.4) is 0 Å². The summed E-state index contributed by atoms with van der Waals surface area (Å²) in [6, 6.07) is 5.42. The number of rotatable bonds is 3. The van der Waals surface area contributed by atoms with Gasteiger partial charge in [-0.2, -0.15) is 5.10 Å². The van der Waals surface area contributed by atoms with Crippen LogP contribution in [0.4, 0.5) is 5.82 Å². The lowest BCUT2D eigenvalue weighted by Gasteiger charge is -2.09. The smallest absolute Gasteiger partial charge is 0.149 e. The van der Waals surface area contributed by atoms with Crippen molar-refractivity contribution in [1.82, 2.24) is 10.2 Å². The number of aromatic nitrogens is 2. The Morgan fingerprint density at radius 1 is 1.28 bits per heavy atom. The van der Waals surface area contributed by atoms with Gasteiger partial charge in [-0.1, -0.05) is 43.1 Å². The summed E-state index contributed by atoms with van der Waals surface area (Å²) < 4.78 is 0. The normalized spacial score (nSPS) is 11.2. The van der Waals surface area contributed by atoms with Crippen molar-refractivity contribution in [2.24, 2.45) is 5.92 Å². The number of nitrogens with zero attached hydrogens (tertiary/aromatic N) is 1. The molecule has 18 heavy (non-hydrogen) atoms. The molecule has 2 rings (SSSR count). The van der Waals surface area contributed by atoms with E-state index in [4.69, 9.17) is 28.9 Å². The third-order valence-corrected chi connectivity index (χ3v) is 3.35. The minimum Gasteiger partial charge on any atom is -0.382 e. The maximum Gasteiger partial charge on any atom is 0.149 e. The fraction of sp³-hybridized carbons (Fsp3) is 0.308. The van der Waals surface area contributed by atoms with Crippen molar-refractivity contribution >= 4 is 29.0 Å². The van der Waals surface area contributed by atoms with E-state index in [1.807, 2.05) is 6.07 Å². The molecule has 0 saturated heterocycles. The molecule has 0 aliphatic heterocycles. The fourth-order valence-electron chi connectivity index (χ4n) is 1.94. The van der Waals surface area contributed by atoms with Gasteiger partial charge in [-0.15, -0.1) is 0 Å². The van der Waals surface area contributed by atoms with Crippen LogP contribution in [0.25, 0.3) is 11.3 Å². The number of nitrogen functional groups attached to an aromatic ring is 1. The highest BCUT2D eigenvalue weighted by Gasteiger charge is 2.18. The zero-order valence-corrected chi connectivity index (χ0v) is 11.8. The Bertz CT molecular complexity index is 541. The Labute approximate surface area is 116 Å². The number of hydrogen-bond acceptors (Lipinski definition) is 2. The van der Waals surface area contributed by atoms with Crippen LogP contribution in [0, 0.1) is 5.92 Å². The summed E-state index contributed by atoms with van der Waals surface area (Å²) in [5.74, 6) is 0.986. The third kappa shape index (κ3) is 2.47. The molecule has 0 bridgehead atoms. The van der Waals surface area contributed by atoms with E-state index in [1.165, 1.54) is 0 Å². The zero-order valence-electron chi connectivity index (χ0n) is 10.3. The molecule has 0 aliphatic rings. The molecule has 3 nitrogen and oxygen atoms in total. The zero-order chi connectivity index (χ0) is 13.3. The molecule has 0 unspecified atom stereocenters. The molecule has 0 spiro atoms. The van der Waals surface area contributed by atoms with Gasteiger partial charge >= 0.3 is 0 Å². The second-order valence-electron chi connectivity index (χ2n) is 4.66. The van der Waals surface area contributed by atoms with Crippen molar-refractivity contribution in [2.75, 3.05) is 5.73 Å². The highest BCUT2D eigenvalue weighted by Crippen LogP contribution is 2.37. The van der Waals surface area contributed by atoms with Gasteiger partial charge in [0.05, 0.1) is 15.7 Å². The largest absolute Gasteiger partial charge is 0.382 e. The van der Waals surface area contributed by atoms with Crippen LogP contribution >= 0.6 is 23.2 Å². The van der Waals surface area contributed by atoms with Crippen LogP contribution in [-0.2, 0) is 6.42 Å². The number of anilines is 1. The maximum atomic E-state index is 6.21. The summed E-state index contributed by atoms with van der Waals surface area (Å²) in [7, 11) is 0. The molecule has 96 valence electrons. The molecule has 5 heteroatoms. The fourth-order valence-corrected chi connectivity index (χ4v) is 2.52. The second kappa shape index (κ2) is 5.21. The molecule has 0 radical (unpaired) electrons. The van der Waals surface area contributed by atoms with E-state index >= 15 is 0 Å². The van der Waals surface area contributed by atoms with Crippen LogP contribution in [0.5, 0.6) is 0 Å². The molecular formula is C13H15Cl2N3. The van der Waals surface area contributed by atoms with Crippen molar-refractivity contribution in [2.45, 2.75) is 20.3 Å². The van der Waals surface area contributed by atoms with Crippen LogP contribution in [0.15, 0.2) is 18.2 Å². The van der Waals surface area contributed by atoms with Gasteiger partial charge in [-0.05, 0) is 24.5 Å². The van der Waals surface area contributed by atoms with Crippen LogP contribution in [0.1, 0.15) is 19.4 Å². The Kier molecular flexibility index (Phi) is 3.83. The molecule has 0 amide bonds. The average Bonchev–Trinajstić information content (AvgIpc) is 2.61. The summed E-state index contributed by atoms with van der Waals surface area (Å²) in [5.41, 5.74) is 8.45. The summed E-state index contributed by atoms with van der Waals surface area (Å²) in [6.45, 7) is 4.26. The number of nitrogens with two attached hydrogens (primary N) is 1. The Hall–Kier alpha value is -1.19. The van der Waals surface area contributed by atoms with E-state index in [0.717, 1.165) is 23.2 Å². The number of nitrogens with one attached hydrogen (secondary N) is 1. The summed E-state index contributed by atoms with van der Waals surface area (Å²) in [6.07, 6.45) is 0.833. The van der Waals surface area contributed by atoms with Crippen molar-refractivity contribution < 1.29 is 0 Å². The lowest BCUT2D eigenvalue weighted by molar-refractivity contribution is 0.649. The number of aromatic amines is 1. The molecular weight excluding hydrogens is 269 g/mol. The molecule has 0 atom stereocenters. The molecule has 0 fully saturated rings. The SMILES string of the molecule is CC(C)Cc1c(N)n[nH]c1-c1c(Cl)cccc1Cl. The van der Waals surface area contributed by atoms with E-state index in [1.54, 1.807) is 12.1 Å². The van der Waals surface area contributed by atoms with Crippen LogP contribution in [-0.4, -0.2) is 10.2 Å². The Balaban J connectivity index is 2.58. The quantitative estimate of drug-likeness (QED) is 0.889. The summed E-state index contributed by atoms with van der Waals surface area (Å²) in [5, 5.41) is 8.18. The average molecular weight is 284 g/mol. The summed E-state index contributed by atoms with van der Waals surface area (Å²) in [4.78, 5) is 0. The molecule has 1 aromatic heterocycles. The minimum absolute atomic E-state index is 0.477. The first-order valence-electron chi connectivity index (χ1n) is 5.77. The first-order chi connectivity index (χ1) is 8.50. The number of benzene rings is 1. The van der Waals surface area contributed by atoms with Crippen LogP contribution in [0.2, 0.25) is 10.0 Å². The van der Waals surface area contributed by atoms with E-state index in [9.17, 15) is 0 Å². The van der Waals surface area contributed by atoms with E-state index < -0.39 is 0 Å². The van der Waals surface area contributed by atoms with Crippen molar-refractivity contribution in [3.05, 3.63) is 33.8 Å². The van der Waals surface area contributed by atoms with Gasteiger partial charge in [0, 0.05) is 11.1 Å². The minimum atomic E-state index is 0.477. The van der Waals surface area contributed by atoms with Gasteiger partial charge < -0.3 is 5.73 Å². The summed E-state index contributed by atoms with van der Waals surface area (Å²) >= 11 is 12.4. The molecule has 0 saturated carbocycles. The predicted octanol–water partition coefficient (Wildman–Crippen LogP) is 4.16. The number of halogens is 2. The molecule has 1 heterocycles. The first kappa shape index (κ1) is 13.2. The Morgan fingerprint density at radius 2 is 1.89 bits per heavy atom. The monoisotopic (exact) mass is 283 g/mol. The van der Waals surface area contributed by atoms with Crippen molar-refractivity contribution in [3.8, 4) is 11.3 Å². The molecule has 0 aliphatic carbocycles. The van der Waals surface area contributed by atoms with Gasteiger partial charge in [0.25, 0.3) is 0 Å². The predicted molar refractivity (Wildman–Crippen MR) is 77.0 cm³/mol. The van der Waals surface area contributed by atoms with E-state index in [-0.39, 0.29) is 0 Å². The van der Waals surface area contributed by atoms with E-state index in [2.05, 4.69) is 24.0 Å². The van der Waals surface area contributed by atoms with Gasteiger partial charge in [0.2, 0.25) is 0 Å². The maximum absolute atomic E-state index is 6.21. The lowest BCUT2D eigenvalue weighted by atomic mass is 9.99. The highest BCUT2D eigenvalue weighted by molar-refractivity contribution is 6.39. The van der Waals surface area contributed by atoms with Gasteiger partial charge in [-0.25, -0.2) is 0 Å². The van der Waals surface area contributed by atoms with Crippen molar-refractivity contribution in [1.29, 1.82) is 0 Å². The number of hydrogen-bond donors (Lipinski definition) is 2. The van der Waals surface area contributed by atoms with Crippen LogP contribution < -0.4 is 5.73 Å². The van der Waals surface area contributed by atoms with E-state index in [0.29, 0.717) is 21.8 Å². The molecule has 2 aromatic rings. The standard InChI is InChI=1S/C13H15Cl2N3/c1-7(2)6-8-12(17-18-13(8)16)11-9(14)4-3-5-10(11)15/h3-5,7H,6H2,1-2H3,(H3,16,17,18).